The molecule has 0 atom stereocenters. The molecule has 3 heteroatoms. The van der Waals surface area contributed by atoms with Gasteiger partial charge in [-0.25, -0.2) is 0 Å². The Kier molecular flexibility index (Phi) is 4.57. The number of phenolic OH excluding ortho intramolecular Hbond substituents is 1. The van der Waals surface area contributed by atoms with Crippen LogP contribution in [0.4, 0.5) is 0 Å². The van der Waals surface area contributed by atoms with Crippen LogP contribution in [0, 0.1) is 0 Å². The largest absolute Gasteiger partial charge is 0.504 e. The molecular weight excluding hydrogens is 286 g/mol. The standard InChI is InChI=1S/C20H19NO2/c1-23-20-9-8-17(14-19(20)22)18-5-3-2-4-16(18)7-6-15-10-12-21-13-11-15/h2-5,8-14,22H,6-7H2,1H3. The van der Waals surface area contributed by atoms with Gasteiger partial charge in [-0.2, -0.15) is 0 Å². The topological polar surface area (TPSA) is 42.4 Å². The van der Waals surface area contributed by atoms with Gasteiger partial charge < -0.3 is 9.84 Å². The van der Waals surface area contributed by atoms with Crippen LogP contribution >= 0.6 is 0 Å². The van der Waals surface area contributed by atoms with Crippen molar-refractivity contribution in [3.63, 3.8) is 0 Å². The summed E-state index contributed by atoms with van der Waals surface area (Å²) in [5.74, 6) is 0.650. The Labute approximate surface area is 136 Å². The highest BCUT2D eigenvalue weighted by atomic mass is 16.5. The van der Waals surface area contributed by atoms with Gasteiger partial charge in [0.1, 0.15) is 0 Å². The summed E-state index contributed by atoms with van der Waals surface area (Å²) in [7, 11) is 1.55. The van der Waals surface area contributed by atoms with Crippen molar-refractivity contribution in [3.05, 3.63) is 78.1 Å². The van der Waals surface area contributed by atoms with Gasteiger partial charge in [0.15, 0.2) is 11.5 Å². The van der Waals surface area contributed by atoms with Gasteiger partial charge in [-0.05, 0) is 59.4 Å². The summed E-state index contributed by atoms with van der Waals surface area (Å²) in [5, 5.41) is 10.0. The Balaban J connectivity index is 1.87. The zero-order chi connectivity index (χ0) is 16.1. The molecule has 0 spiro atoms. The van der Waals surface area contributed by atoms with Crippen molar-refractivity contribution in [2.24, 2.45) is 0 Å². The first-order valence-electron chi connectivity index (χ1n) is 7.62. The fourth-order valence-electron chi connectivity index (χ4n) is 2.71. The van der Waals surface area contributed by atoms with Crippen molar-refractivity contribution in [1.29, 1.82) is 0 Å². The molecule has 2 aromatic carbocycles. The summed E-state index contributed by atoms with van der Waals surface area (Å²) >= 11 is 0. The lowest BCUT2D eigenvalue weighted by Crippen LogP contribution is -1.95. The molecule has 1 aromatic heterocycles. The van der Waals surface area contributed by atoms with Crippen LogP contribution in [0.3, 0.4) is 0 Å². The summed E-state index contributed by atoms with van der Waals surface area (Å²) in [4.78, 5) is 4.05. The van der Waals surface area contributed by atoms with Crippen molar-refractivity contribution in [1.82, 2.24) is 4.98 Å². The Hall–Kier alpha value is -2.81. The van der Waals surface area contributed by atoms with Crippen LogP contribution in [0.15, 0.2) is 67.0 Å². The molecular formula is C20H19NO2. The quantitative estimate of drug-likeness (QED) is 0.766. The predicted octanol–water partition coefficient (Wildman–Crippen LogP) is 4.25. The molecule has 0 fully saturated rings. The highest BCUT2D eigenvalue weighted by molar-refractivity contribution is 5.70. The van der Waals surface area contributed by atoms with Crippen LogP contribution < -0.4 is 4.74 Å². The van der Waals surface area contributed by atoms with E-state index >= 15 is 0 Å². The molecule has 0 saturated heterocycles. The molecule has 0 aliphatic rings. The second-order valence-corrected chi connectivity index (χ2v) is 5.40. The number of benzene rings is 2. The van der Waals surface area contributed by atoms with E-state index < -0.39 is 0 Å². The van der Waals surface area contributed by atoms with E-state index in [1.807, 2.05) is 36.7 Å². The lowest BCUT2D eigenvalue weighted by atomic mass is 9.95. The van der Waals surface area contributed by atoms with Gasteiger partial charge in [0.05, 0.1) is 7.11 Å². The number of aryl methyl sites for hydroxylation is 2. The van der Waals surface area contributed by atoms with Gasteiger partial charge in [-0.1, -0.05) is 30.3 Å². The summed E-state index contributed by atoms with van der Waals surface area (Å²) in [5.41, 5.74) is 4.66. The third kappa shape index (κ3) is 3.51. The number of aromatic hydroxyl groups is 1. The average molecular weight is 305 g/mol. The van der Waals surface area contributed by atoms with Crippen LogP contribution in [-0.2, 0) is 12.8 Å². The number of methoxy groups -OCH3 is 1. The van der Waals surface area contributed by atoms with E-state index in [1.165, 1.54) is 11.1 Å². The Morgan fingerprint density at radius 2 is 1.74 bits per heavy atom. The van der Waals surface area contributed by atoms with Crippen LogP contribution in [0.2, 0.25) is 0 Å². The summed E-state index contributed by atoms with van der Waals surface area (Å²) in [6.45, 7) is 0. The van der Waals surface area contributed by atoms with E-state index in [2.05, 4.69) is 23.2 Å². The fraction of sp³-hybridized carbons (Fsp3) is 0.150. The molecule has 0 unspecified atom stereocenters. The fourth-order valence-corrected chi connectivity index (χ4v) is 2.71. The van der Waals surface area contributed by atoms with Crippen molar-refractivity contribution < 1.29 is 9.84 Å². The Morgan fingerprint density at radius 1 is 0.957 bits per heavy atom. The molecule has 0 aliphatic carbocycles. The molecule has 3 nitrogen and oxygen atoms in total. The first kappa shape index (κ1) is 15.1. The number of pyridine rings is 1. The van der Waals surface area contributed by atoms with Gasteiger partial charge in [0.25, 0.3) is 0 Å². The van der Waals surface area contributed by atoms with Crippen molar-refractivity contribution in [2.75, 3.05) is 7.11 Å². The molecule has 116 valence electrons. The third-order valence-electron chi connectivity index (χ3n) is 3.94. The average Bonchev–Trinajstić information content (AvgIpc) is 2.61. The van der Waals surface area contributed by atoms with E-state index in [1.54, 1.807) is 19.2 Å². The Morgan fingerprint density at radius 3 is 2.48 bits per heavy atom. The third-order valence-corrected chi connectivity index (χ3v) is 3.94. The highest BCUT2D eigenvalue weighted by Crippen LogP contribution is 2.33. The lowest BCUT2D eigenvalue weighted by molar-refractivity contribution is 0.373. The van der Waals surface area contributed by atoms with E-state index in [-0.39, 0.29) is 5.75 Å². The van der Waals surface area contributed by atoms with Gasteiger partial charge in [0, 0.05) is 12.4 Å². The monoisotopic (exact) mass is 305 g/mol. The van der Waals surface area contributed by atoms with Crippen LogP contribution in [0.25, 0.3) is 11.1 Å². The maximum atomic E-state index is 10.0. The molecule has 3 aromatic rings. The Bertz CT molecular complexity index is 785. The van der Waals surface area contributed by atoms with Gasteiger partial charge in [-0.3, -0.25) is 4.98 Å². The van der Waals surface area contributed by atoms with Gasteiger partial charge in [0.2, 0.25) is 0 Å². The van der Waals surface area contributed by atoms with Crippen LogP contribution in [0.5, 0.6) is 11.5 Å². The van der Waals surface area contributed by atoms with Crippen molar-refractivity contribution in [3.8, 4) is 22.6 Å². The van der Waals surface area contributed by atoms with Crippen LogP contribution in [-0.4, -0.2) is 17.2 Å². The van der Waals surface area contributed by atoms with E-state index in [4.69, 9.17) is 4.74 Å². The van der Waals surface area contributed by atoms with Crippen molar-refractivity contribution in [2.45, 2.75) is 12.8 Å². The number of ether oxygens (including phenoxy) is 1. The summed E-state index contributed by atoms with van der Waals surface area (Å²) < 4.78 is 5.12. The molecule has 0 radical (unpaired) electrons. The predicted molar refractivity (Wildman–Crippen MR) is 91.7 cm³/mol. The number of phenols is 1. The summed E-state index contributed by atoms with van der Waals surface area (Å²) in [6.07, 6.45) is 5.54. The first-order chi connectivity index (χ1) is 11.3. The van der Waals surface area contributed by atoms with E-state index in [0.717, 1.165) is 24.0 Å². The number of hydrogen-bond acceptors (Lipinski definition) is 3. The molecule has 0 saturated carbocycles. The number of rotatable bonds is 5. The molecule has 0 aliphatic heterocycles. The molecule has 3 rings (SSSR count). The van der Waals surface area contributed by atoms with Crippen molar-refractivity contribution >= 4 is 0 Å². The SMILES string of the molecule is COc1ccc(-c2ccccc2CCc2ccncc2)cc1O. The zero-order valence-corrected chi connectivity index (χ0v) is 13.1. The summed E-state index contributed by atoms with van der Waals surface area (Å²) in [6, 6.07) is 17.9. The minimum absolute atomic E-state index is 0.161. The molecule has 0 amide bonds. The normalized spacial score (nSPS) is 10.5. The smallest absolute Gasteiger partial charge is 0.160 e. The number of hydrogen-bond donors (Lipinski definition) is 1. The molecule has 1 heterocycles. The maximum absolute atomic E-state index is 10.0. The highest BCUT2D eigenvalue weighted by Gasteiger charge is 2.08. The molecule has 0 bridgehead atoms. The minimum Gasteiger partial charge on any atom is -0.504 e. The van der Waals surface area contributed by atoms with Crippen LogP contribution in [0.1, 0.15) is 11.1 Å². The second-order valence-electron chi connectivity index (χ2n) is 5.40. The van der Waals surface area contributed by atoms with Gasteiger partial charge in [-0.15, -0.1) is 0 Å². The number of aromatic nitrogens is 1. The second kappa shape index (κ2) is 6.97. The zero-order valence-electron chi connectivity index (χ0n) is 13.1. The van der Waals surface area contributed by atoms with E-state index in [9.17, 15) is 5.11 Å². The maximum Gasteiger partial charge on any atom is 0.160 e. The van der Waals surface area contributed by atoms with Gasteiger partial charge >= 0.3 is 0 Å². The first-order valence-corrected chi connectivity index (χ1v) is 7.62. The minimum atomic E-state index is 0.161. The lowest BCUT2D eigenvalue weighted by Gasteiger charge is -2.11. The number of nitrogens with zero attached hydrogens (tertiary/aromatic N) is 1. The van der Waals surface area contributed by atoms with E-state index in [0.29, 0.717) is 5.75 Å². The molecule has 1 N–H and O–H groups in total. The molecule has 23 heavy (non-hydrogen) atoms.